The molecule has 1 aliphatic carbocycles. The Hall–Kier alpha value is -1.67. The van der Waals surface area contributed by atoms with Gasteiger partial charge in [0.15, 0.2) is 9.84 Å². The highest BCUT2D eigenvalue weighted by Crippen LogP contribution is 2.55. The second-order valence-electron chi connectivity index (χ2n) is 7.15. The van der Waals surface area contributed by atoms with Crippen molar-refractivity contribution in [2.24, 2.45) is 5.73 Å². The molecule has 0 saturated heterocycles. The number of rotatable bonds is 4. The van der Waals surface area contributed by atoms with Gasteiger partial charge in [0, 0.05) is 18.7 Å². The molecule has 6 nitrogen and oxygen atoms in total. The minimum atomic E-state index is -3.52. The number of alkyl carbamates (subject to hydrolysis) is 1. The standard InChI is InChI=1S/C16H23FN2O4S/c1-15(2,3)23-14(20)19-16(9-18)12(13(16)24(4,21)22)10-6-5-7-11(17)8-10/h5-8,12-13H,9,18H2,1-4H3,(H,19,20)/t12-,13-,16+/m0/s1. The summed E-state index contributed by atoms with van der Waals surface area (Å²) in [5, 5.41) is 1.68. The van der Waals surface area contributed by atoms with Gasteiger partial charge >= 0.3 is 6.09 Å². The molecule has 3 N–H and O–H groups in total. The van der Waals surface area contributed by atoms with Gasteiger partial charge in [0.25, 0.3) is 0 Å². The maximum absolute atomic E-state index is 13.5. The van der Waals surface area contributed by atoms with Crippen LogP contribution in [-0.2, 0) is 14.6 Å². The summed E-state index contributed by atoms with van der Waals surface area (Å²) in [6.45, 7) is 5.00. The van der Waals surface area contributed by atoms with Crippen molar-refractivity contribution in [2.45, 2.75) is 43.1 Å². The van der Waals surface area contributed by atoms with Crippen LogP contribution in [0.5, 0.6) is 0 Å². The number of nitrogens with one attached hydrogen (secondary N) is 1. The third-order valence-electron chi connectivity index (χ3n) is 4.00. The molecule has 2 rings (SSSR count). The molecule has 0 bridgehead atoms. The predicted molar refractivity (Wildman–Crippen MR) is 88.9 cm³/mol. The Bertz CT molecular complexity index is 745. The van der Waals surface area contributed by atoms with Crippen LogP contribution < -0.4 is 11.1 Å². The topological polar surface area (TPSA) is 98.5 Å². The summed E-state index contributed by atoms with van der Waals surface area (Å²) in [6, 6.07) is 5.65. The number of benzene rings is 1. The number of carbonyl (C=O) groups is 1. The second kappa shape index (κ2) is 6.00. The van der Waals surface area contributed by atoms with Crippen molar-refractivity contribution < 1.29 is 22.3 Å². The average Bonchev–Trinajstić information content (AvgIpc) is 3.05. The lowest BCUT2D eigenvalue weighted by Crippen LogP contribution is -2.48. The third kappa shape index (κ3) is 3.70. The molecular formula is C16H23FN2O4S. The van der Waals surface area contributed by atoms with E-state index in [-0.39, 0.29) is 6.54 Å². The smallest absolute Gasteiger partial charge is 0.408 e. The van der Waals surface area contributed by atoms with E-state index in [2.05, 4.69) is 5.32 Å². The van der Waals surface area contributed by atoms with E-state index in [4.69, 9.17) is 10.5 Å². The van der Waals surface area contributed by atoms with Gasteiger partial charge in [-0.2, -0.15) is 0 Å². The van der Waals surface area contributed by atoms with Gasteiger partial charge in [-0.3, -0.25) is 0 Å². The van der Waals surface area contributed by atoms with Crippen molar-refractivity contribution in [3.63, 3.8) is 0 Å². The summed E-state index contributed by atoms with van der Waals surface area (Å²) in [4.78, 5) is 12.1. The molecule has 24 heavy (non-hydrogen) atoms. The Labute approximate surface area is 141 Å². The van der Waals surface area contributed by atoms with Gasteiger partial charge in [-0.05, 0) is 38.5 Å². The van der Waals surface area contributed by atoms with Crippen molar-refractivity contribution in [1.29, 1.82) is 0 Å². The highest BCUT2D eigenvalue weighted by Gasteiger charge is 2.70. The molecule has 134 valence electrons. The van der Waals surface area contributed by atoms with E-state index < -0.39 is 44.1 Å². The quantitative estimate of drug-likeness (QED) is 0.851. The molecular weight excluding hydrogens is 335 g/mol. The van der Waals surface area contributed by atoms with E-state index in [0.717, 1.165) is 6.26 Å². The maximum Gasteiger partial charge on any atom is 0.408 e. The summed E-state index contributed by atoms with van der Waals surface area (Å²) in [5.41, 5.74) is 4.35. The molecule has 0 aliphatic heterocycles. The van der Waals surface area contributed by atoms with Crippen LogP contribution in [0.2, 0.25) is 0 Å². The van der Waals surface area contributed by atoms with Crippen LogP contribution in [0.3, 0.4) is 0 Å². The normalized spacial score (nSPS) is 26.8. The molecule has 1 amide bonds. The summed E-state index contributed by atoms with van der Waals surface area (Å²) >= 11 is 0. The van der Waals surface area contributed by atoms with Gasteiger partial charge < -0.3 is 15.8 Å². The largest absolute Gasteiger partial charge is 0.444 e. The minimum Gasteiger partial charge on any atom is -0.444 e. The number of hydrogen-bond acceptors (Lipinski definition) is 5. The van der Waals surface area contributed by atoms with E-state index in [9.17, 15) is 17.6 Å². The molecule has 1 aliphatic rings. The number of hydrogen-bond donors (Lipinski definition) is 2. The van der Waals surface area contributed by atoms with Crippen molar-refractivity contribution in [3.05, 3.63) is 35.6 Å². The van der Waals surface area contributed by atoms with Crippen LogP contribution in [0.1, 0.15) is 32.3 Å². The summed E-state index contributed by atoms with van der Waals surface area (Å²) in [7, 11) is -3.52. The van der Waals surface area contributed by atoms with Crippen molar-refractivity contribution in [3.8, 4) is 0 Å². The maximum atomic E-state index is 13.5. The number of ether oxygens (including phenoxy) is 1. The molecule has 0 spiro atoms. The highest BCUT2D eigenvalue weighted by atomic mass is 32.2. The second-order valence-corrected chi connectivity index (χ2v) is 9.32. The zero-order chi connectivity index (χ0) is 18.3. The van der Waals surface area contributed by atoms with Gasteiger partial charge in [0.2, 0.25) is 0 Å². The number of carbonyl (C=O) groups excluding carboxylic acids is 1. The fraction of sp³-hybridized carbons (Fsp3) is 0.562. The van der Waals surface area contributed by atoms with Crippen LogP contribution in [-0.4, -0.2) is 43.7 Å². The lowest BCUT2D eigenvalue weighted by molar-refractivity contribution is 0.0497. The fourth-order valence-corrected chi connectivity index (χ4v) is 5.02. The molecule has 3 atom stereocenters. The predicted octanol–water partition coefficient (Wildman–Crippen LogP) is 1.56. The third-order valence-corrected chi connectivity index (χ3v) is 5.61. The van der Waals surface area contributed by atoms with Gasteiger partial charge in [-0.1, -0.05) is 12.1 Å². The zero-order valence-corrected chi connectivity index (χ0v) is 15.0. The molecule has 0 aromatic heterocycles. The van der Waals surface area contributed by atoms with Crippen molar-refractivity contribution in [1.82, 2.24) is 5.32 Å². The highest BCUT2D eigenvalue weighted by molar-refractivity contribution is 7.91. The Morgan fingerprint density at radius 3 is 2.50 bits per heavy atom. The molecule has 0 radical (unpaired) electrons. The number of amides is 1. The van der Waals surface area contributed by atoms with Crippen LogP contribution in [0.4, 0.5) is 9.18 Å². The van der Waals surface area contributed by atoms with Crippen LogP contribution in [0, 0.1) is 5.82 Å². The SMILES string of the molecule is CC(C)(C)OC(=O)N[C@]1(CN)[C@@H](c2cccc(F)c2)[C@@H]1S(C)(=O)=O. The number of halogens is 1. The van der Waals surface area contributed by atoms with E-state index in [1.807, 2.05) is 0 Å². The summed E-state index contributed by atoms with van der Waals surface area (Å²) in [6.07, 6.45) is 0.332. The van der Waals surface area contributed by atoms with Crippen molar-refractivity contribution >= 4 is 15.9 Å². The Balaban J connectivity index is 2.37. The Morgan fingerprint density at radius 1 is 1.42 bits per heavy atom. The van der Waals surface area contributed by atoms with E-state index >= 15 is 0 Å². The first kappa shape index (κ1) is 18.7. The molecule has 1 aromatic carbocycles. The van der Waals surface area contributed by atoms with E-state index in [0.29, 0.717) is 5.56 Å². The van der Waals surface area contributed by atoms with Gasteiger partial charge in [-0.15, -0.1) is 0 Å². The molecule has 0 unspecified atom stereocenters. The number of sulfone groups is 1. The van der Waals surface area contributed by atoms with Crippen molar-refractivity contribution in [2.75, 3.05) is 12.8 Å². The lowest BCUT2D eigenvalue weighted by atomic mass is 10.1. The minimum absolute atomic E-state index is 0.106. The number of nitrogens with two attached hydrogens (primary N) is 1. The summed E-state index contributed by atoms with van der Waals surface area (Å²) in [5.74, 6) is -1.10. The van der Waals surface area contributed by atoms with E-state index in [1.54, 1.807) is 26.8 Å². The molecule has 1 aromatic rings. The first-order valence-corrected chi connectivity index (χ1v) is 9.52. The van der Waals surface area contributed by atoms with Gasteiger partial charge in [0.05, 0.1) is 10.8 Å². The van der Waals surface area contributed by atoms with Gasteiger partial charge in [0.1, 0.15) is 11.4 Å². The lowest BCUT2D eigenvalue weighted by Gasteiger charge is -2.24. The molecule has 1 fully saturated rings. The Kier molecular flexibility index (Phi) is 4.67. The zero-order valence-electron chi connectivity index (χ0n) is 14.2. The van der Waals surface area contributed by atoms with Crippen LogP contribution in [0.15, 0.2) is 24.3 Å². The van der Waals surface area contributed by atoms with Crippen LogP contribution >= 0.6 is 0 Å². The van der Waals surface area contributed by atoms with Gasteiger partial charge in [-0.25, -0.2) is 17.6 Å². The first-order chi connectivity index (χ1) is 10.9. The Morgan fingerprint density at radius 2 is 2.04 bits per heavy atom. The van der Waals surface area contributed by atoms with E-state index in [1.165, 1.54) is 18.2 Å². The molecule has 0 heterocycles. The van der Waals surface area contributed by atoms with Crippen LogP contribution in [0.25, 0.3) is 0 Å². The summed E-state index contributed by atoms with van der Waals surface area (Å²) < 4.78 is 43.1. The molecule has 1 saturated carbocycles. The monoisotopic (exact) mass is 358 g/mol. The fourth-order valence-electron chi connectivity index (χ4n) is 3.14. The first-order valence-electron chi connectivity index (χ1n) is 7.56. The average molecular weight is 358 g/mol. The molecule has 8 heteroatoms.